The van der Waals surface area contributed by atoms with E-state index in [9.17, 15) is 9.59 Å². The first kappa shape index (κ1) is 19.7. The minimum atomic E-state index is -0.0858. The average molecular weight is 428 g/mol. The van der Waals surface area contributed by atoms with E-state index in [2.05, 4.69) is 15.5 Å². The zero-order chi connectivity index (χ0) is 20.6. The molecule has 160 valence electrons. The van der Waals surface area contributed by atoms with Crippen LogP contribution in [-0.2, 0) is 13.0 Å². The molecule has 0 unspecified atom stereocenters. The summed E-state index contributed by atoms with van der Waals surface area (Å²) < 4.78 is 2.02. The second-order valence-electron chi connectivity index (χ2n) is 9.14. The molecule has 2 amide bonds. The van der Waals surface area contributed by atoms with Gasteiger partial charge in [-0.25, -0.2) is 0 Å². The van der Waals surface area contributed by atoms with Crippen molar-refractivity contribution in [1.29, 1.82) is 0 Å². The van der Waals surface area contributed by atoms with Crippen molar-refractivity contribution in [1.82, 2.24) is 25.0 Å². The van der Waals surface area contributed by atoms with E-state index in [1.54, 1.807) is 11.3 Å². The summed E-state index contributed by atoms with van der Waals surface area (Å²) in [6, 6.07) is 2.17. The monoisotopic (exact) mass is 427 g/mol. The van der Waals surface area contributed by atoms with Crippen molar-refractivity contribution in [3.63, 3.8) is 0 Å². The van der Waals surface area contributed by atoms with E-state index in [1.165, 1.54) is 19.3 Å². The fourth-order valence-electron chi connectivity index (χ4n) is 5.36. The highest BCUT2D eigenvalue weighted by Crippen LogP contribution is 2.41. The van der Waals surface area contributed by atoms with Crippen LogP contribution in [0.3, 0.4) is 0 Å². The molecule has 4 heterocycles. The largest absolute Gasteiger partial charge is 0.347 e. The zero-order valence-electron chi connectivity index (χ0n) is 17.3. The molecule has 3 aliphatic rings. The Morgan fingerprint density at radius 3 is 2.73 bits per heavy atom. The van der Waals surface area contributed by atoms with Crippen molar-refractivity contribution in [2.45, 2.75) is 70.4 Å². The predicted molar refractivity (Wildman–Crippen MR) is 115 cm³/mol. The SMILES string of the molecule is O=C(NC1CCCCC1)c1nnc2n1CC[C@]1(CC2)CCN(C(=O)c2ccsc2)C1. The van der Waals surface area contributed by atoms with E-state index < -0.39 is 0 Å². The molecular formula is C22H29N5O2S. The minimum Gasteiger partial charge on any atom is -0.347 e. The molecule has 1 N–H and O–H groups in total. The van der Waals surface area contributed by atoms with Crippen LogP contribution in [0.1, 0.15) is 78.2 Å². The maximum absolute atomic E-state index is 12.9. The maximum atomic E-state index is 12.9. The van der Waals surface area contributed by atoms with Gasteiger partial charge in [-0.1, -0.05) is 19.3 Å². The summed E-state index contributed by atoms with van der Waals surface area (Å²) in [7, 11) is 0. The zero-order valence-corrected chi connectivity index (χ0v) is 18.1. The number of aromatic nitrogens is 3. The van der Waals surface area contributed by atoms with E-state index in [4.69, 9.17) is 0 Å². The molecule has 2 aromatic heterocycles. The Morgan fingerprint density at radius 2 is 1.93 bits per heavy atom. The molecule has 1 atom stereocenters. The van der Waals surface area contributed by atoms with Gasteiger partial charge in [-0.15, -0.1) is 10.2 Å². The number of amides is 2. The van der Waals surface area contributed by atoms with E-state index in [0.29, 0.717) is 5.82 Å². The molecule has 5 rings (SSSR count). The Labute approximate surface area is 180 Å². The van der Waals surface area contributed by atoms with Crippen LogP contribution in [-0.4, -0.2) is 50.6 Å². The number of aryl methyl sites for hydroxylation is 1. The molecule has 8 heteroatoms. The number of fused-ring (bicyclic) bond motifs is 1. The lowest BCUT2D eigenvalue weighted by Gasteiger charge is -2.27. The topological polar surface area (TPSA) is 80.1 Å². The highest BCUT2D eigenvalue weighted by atomic mass is 32.1. The van der Waals surface area contributed by atoms with Crippen LogP contribution in [0.2, 0.25) is 0 Å². The Morgan fingerprint density at radius 1 is 1.10 bits per heavy atom. The molecule has 1 spiro atoms. The van der Waals surface area contributed by atoms with Gasteiger partial charge in [-0.3, -0.25) is 9.59 Å². The highest BCUT2D eigenvalue weighted by molar-refractivity contribution is 7.08. The Kier molecular flexibility index (Phi) is 5.35. The van der Waals surface area contributed by atoms with Gasteiger partial charge in [-0.2, -0.15) is 11.3 Å². The number of likely N-dealkylation sites (tertiary alicyclic amines) is 1. The van der Waals surface area contributed by atoms with Crippen molar-refractivity contribution in [3.05, 3.63) is 34.0 Å². The third kappa shape index (κ3) is 3.77. The van der Waals surface area contributed by atoms with Crippen molar-refractivity contribution in [2.24, 2.45) is 5.41 Å². The summed E-state index contributed by atoms with van der Waals surface area (Å²) in [5, 5.41) is 15.6. The molecular weight excluding hydrogens is 398 g/mol. The predicted octanol–water partition coefficient (Wildman–Crippen LogP) is 3.27. The van der Waals surface area contributed by atoms with Crippen LogP contribution in [0, 0.1) is 5.41 Å². The van der Waals surface area contributed by atoms with Gasteiger partial charge in [0.25, 0.3) is 11.8 Å². The van der Waals surface area contributed by atoms with Crippen LogP contribution in [0.5, 0.6) is 0 Å². The second kappa shape index (κ2) is 8.13. The number of carbonyl (C=O) groups is 2. The summed E-state index contributed by atoms with van der Waals surface area (Å²) >= 11 is 1.56. The maximum Gasteiger partial charge on any atom is 0.289 e. The summed E-state index contributed by atoms with van der Waals surface area (Å²) in [4.78, 5) is 27.6. The third-order valence-corrected chi connectivity index (χ3v) is 7.89. The molecule has 30 heavy (non-hydrogen) atoms. The summed E-state index contributed by atoms with van der Waals surface area (Å²) in [6.07, 6.45) is 9.53. The quantitative estimate of drug-likeness (QED) is 0.815. The molecule has 7 nitrogen and oxygen atoms in total. The minimum absolute atomic E-state index is 0.0858. The number of hydrogen-bond donors (Lipinski definition) is 1. The van der Waals surface area contributed by atoms with Crippen LogP contribution in [0.15, 0.2) is 16.8 Å². The summed E-state index contributed by atoms with van der Waals surface area (Å²) in [6.45, 7) is 2.35. The standard InChI is InChI=1S/C22H29N5O2S/c28-20(23-17-4-2-1-3-5-17)19-25-24-18-6-8-22(10-12-27(18)19)9-11-26(15-22)21(29)16-7-13-30-14-16/h7,13-14,17H,1-6,8-12,15H2,(H,23,28)/t22-/m0/s1. The van der Waals surface area contributed by atoms with Gasteiger partial charge >= 0.3 is 0 Å². The molecule has 2 fully saturated rings. The van der Waals surface area contributed by atoms with E-state index in [0.717, 1.165) is 69.5 Å². The Balaban J connectivity index is 1.25. The lowest BCUT2D eigenvalue weighted by atomic mass is 9.80. The number of nitrogens with one attached hydrogen (secondary N) is 1. The number of hydrogen-bond acceptors (Lipinski definition) is 5. The number of nitrogens with zero attached hydrogens (tertiary/aromatic N) is 4. The van der Waals surface area contributed by atoms with Crippen LogP contribution < -0.4 is 5.32 Å². The fraction of sp³-hybridized carbons (Fsp3) is 0.636. The molecule has 2 aromatic rings. The van der Waals surface area contributed by atoms with Crippen LogP contribution in [0.4, 0.5) is 0 Å². The van der Waals surface area contributed by atoms with Gasteiger partial charge in [0.1, 0.15) is 5.82 Å². The number of thiophene rings is 1. The van der Waals surface area contributed by atoms with E-state index >= 15 is 0 Å². The number of carbonyl (C=O) groups excluding carboxylic acids is 2. The van der Waals surface area contributed by atoms with Crippen molar-refractivity contribution in [2.75, 3.05) is 13.1 Å². The molecule has 0 aromatic carbocycles. The highest BCUT2D eigenvalue weighted by Gasteiger charge is 2.41. The van der Waals surface area contributed by atoms with Gasteiger partial charge in [0, 0.05) is 37.5 Å². The van der Waals surface area contributed by atoms with Crippen molar-refractivity contribution >= 4 is 23.2 Å². The van der Waals surface area contributed by atoms with Gasteiger partial charge in [-0.05, 0) is 49.0 Å². The Hall–Kier alpha value is -2.22. The molecule has 0 bridgehead atoms. The first-order valence-electron chi connectivity index (χ1n) is 11.2. The van der Waals surface area contributed by atoms with Gasteiger partial charge in [0.2, 0.25) is 5.82 Å². The first-order valence-corrected chi connectivity index (χ1v) is 12.1. The fourth-order valence-corrected chi connectivity index (χ4v) is 5.99. The summed E-state index contributed by atoms with van der Waals surface area (Å²) in [5.74, 6) is 1.42. The molecule has 2 aliphatic heterocycles. The van der Waals surface area contributed by atoms with Crippen molar-refractivity contribution in [3.8, 4) is 0 Å². The molecule has 0 radical (unpaired) electrons. The number of rotatable bonds is 3. The molecule has 1 saturated heterocycles. The van der Waals surface area contributed by atoms with E-state index in [-0.39, 0.29) is 23.3 Å². The first-order chi connectivity index (χ1) is 14.6. The Bertz CT molecular complexity index is 918. The van der Waals surface area contributed by atoms with Crippen LogP contribution >= 0.6 is 11.3 Å². The second-order valence-corrected chi connectivity index (χ2v) is 9.92. The van der Waals surface area contributed by atoms with Crippen LogP contribution in [0.25, 0.3) is 0 Å². The van der Waals surface area contributed by atoms with Gasteiger partial charge in [0.05, 0.1) is 5.56 Å². The lowest BCUT2D eigenvalue weighted by Crippen LogP contribution is -2.37. The average Bonchev–Trinajstić information content (AvgIpc) is 3.49. The lowest BCUT2D eigenvalue weighted by molar-refractivity contribution is 0.0767. The van der Waals surface area contributed by atoms with E-state index in [1.807, 2.05) is 26.3 Å². The normalized spacial score (nSPS) is 24.6. The third-order valence-electron chi connectivity index (χ3n) is 7.21. The molecule has 1 saturated carbocycles. The van der Waals surface area contributed by atoms with Crippen molar-refractivity contribution < 1.29 is 9.59 Å². The smallest absolute Gasteiger partial charge is 0.289 e. The van der Waals surface area contributed by atoms with Gasteiger partial charge in [0.15, 0.2) is 0 Å². The van der Waals surface area contributed by atoms with Gasteiger partial charge < -0.3 is 14.8 Å². The molecule has 1 aliphatic carbocycles. The summed E-state index contributed by atoms with van der Waals surface area (Å²) in [5.41, 5.74) is 0.910.